The molecule has 13 aromatic heterocycles. The summed E-state index contributed by atoms with van der Waals surface area (Å²) in [5.74, 6) is 17.7. The number of rotatable bonds is 0. The standard InChI is InChI=1S/3C18H16O2.3C18H16S2.C12H12S/c1-9-5-15-11(3)14-8-18-16(6-10(2)20-18)12(4)13(14)7-17(15)19-9;1-9-5-15-16(17-13(9)7-11(3)19-17)6-10(2)14-8-12(4)20-18(14)15;1-9-5-13-14(15-7-11(3)19-17(9)15)6-10(2)18-16(13)8-12(4)20-18;1-9-5-15-11(3)14-8-18-16(6-10(2)20-18)12(4)13(14)7-17(15)19-9;1-9-5-15-16(17-13(9)7-11(3)19-17)6-10(2)14-8-12(4)20-18(14)15;1-9-5-13-14(15-7-11(3)19-17(9)15)6-10(2)18-16(13)8-12(4)20-18;1-5-7-11-9(3)10(4)12(13-11)8-6-2/h6*5-8H,1-4H3;1-4H3. The molecule has 25 rings (SSSR count). The van der Waals surface area contributed by atoms with E-state index in [1.54, 1.807) is 11.3 Å². The van der Waals surface area contributed by atoms with Gasteiger partial charge in [0.1, 0.15) is 68.1 Å². The van der Waals surface area contributed by atoms with E-state index in [2.05, 4.69) is 308 Å². The highest BCUT2D eigenvalue weighted by molar-refractivity contribution is 7.22. The third-order valence-corrected chi connectivity index (χ3v) is 34.3. The van der Waals surface area contributed by atoms with Crippen LogP contribution in [0.2, 0.25) is 0 Å². The number of aryl methyl sites for hydroxylation is 24. The summed E-state index contributed by atoms with van der Waals surface area (Å²) < 4.78 is 43.8. The first kappa shape index (κ1) is 90.2. The maximum Gasteiger partial charge on any atom is 0.142 e. The molecular formula is C120H108O6S7. The summed E-state index contributed by atoms with van der Waals surface area (Å²) >= 11 is 13.2. The van der Waals surface area contributed by atoms with Crippen LogP contribution in [-0.4, -0.2) is 0 Å². The molecule has 0 spiro atoms. The van der Waals surface area contributed by atoms with Gasteiger partial charge in [-0.3, -0.25) is 0 Å². The molecule has 13 heteroatoms. The number of furan rings is 6. The van der Waals surface area contributed by atoms with Gasteiger partial charge in [-0.25, -0.2) is 0 Å². The smallest absolute Gasteiger partial charge is 0.142 e. The molecule has 0 N–H and O–H groups in total. The van der Waals surface area contributed by atoms with Gasteiger partial charge in [-0.05, 0) is 482 Å². The Morgan fingerprint density at radius 1 is 0.173 bits per heavy atom. The number of fused-ring (bicyclic) bond motifs is 26. The van der Waals surface area contributed by atoms with E-state index in [1.165, 1.54) is 254 Å². The first-order chi connectivity index (χ1) is 63.5. The van der Waals surface area contributed by atoms with E-state index in [0.717, 1.165) is 88.6 Å². The summed E-state index contributed by atoms with van der Waals surface area (Å²) in [7, 11) is 0. The fourth-order valence-corrected chi connectivity index (χ4v) is 27.5. The second-order valence-corrected chi connectivity index (χ2v) is 45.4. The van der Waals surface area contributed by atoms with Crippen LogP contribution in [0.5, 0.6) is 0 Å². The minimum absolute atomic E-state index is 0.948. The Labute approximate surface area is 804 Å². The zero-order valence-corrected chi connectivity index (χ0v) is 86.9. The predicted octanol–water partition coefficient (Wildman–Crippen LogP) is 39.3. The molecule has 0 bridgehead atoms. The Morgan fingerprint density at radius 3 is 0.805 bits per heavy atom. The van der Waals surface area contributed by atoms with Crippen molar-refractivity contribution in [3.63, 3.8) is 0 Å². The molecule has 0 aliphatic heterocycles. The third kappa shape index (κ3) is 16.1. The van der Waals surface area contributed by atoms with E-state index >= 15 is 0 Å². The van der Waals surface area contributed by atoms with E-state index in [-0.39, 0.29) is 0 Å². The summed E-state index contributed by atoms with van der Waals surface area (Å²) in [6.07, 6.45) is 0. The van der Waals surface area contributed by atoms with Crippen molar-refractivity contribution in [1.29, 1.82) is 0 Å². The van der Waals surface area contributed by atoms with Crippen LogP contribution in [0, 0.1) is 204 Å². The Kier molecular flexibility index (Phi) is 23.6. The van der Waals surface area contributed by atoms with Gasteiger partial charge in [-0.15, -0.1) is 91.2 Å². The first-order valence-electron chi connectivity index (χ1n) is 45.4. The van der Waals surface area contributed by atoms with E-state index in [9.17, 15) is 0 Å². The fraction of sp³-hybridized carbons (Fsp3) is 0.233. The zero-order valence-electron chi connectivity index (χ0n) is 81.2. The zero-order chi connectivity index (χ0) is 93.9. The highest BCUT2D eigenvalue weighted by Gasteiger charge is 2.23. The number of thiophene rings is 7. The molecule has 0 aliphatic rings. The van der Waals surface area contributed by atoms with Crippen molar-refractivity contribution in [2.24, 2.45) is 0 Å². The molecule has 666 valence electrons. The molecule has 0 unspecified atom stereocenters. The minimum Gasteiger partial charge on any atom is -0.461 e. The molecule has 0 saturated heterocycles. The van der Waals surface area contributed by atoms with E-state index < -0.39 is 0 Å². The van der Waals surface area contributed by atoms with E-state index in [1.807, 2.05) is 123 Å². The van der Waals surface area contributed by atoms with Crippen LogP contribution >= 0.6 is 79.4 Å². The Balaban J connectivity index is 0.000000100. The van der Waals surface area contributed by atoms with Crippen LogP contribution in [0.4, 0.5) is 0 Å². The SMILES string of the molecule is CC#Cc1sc(C#CC)c(C)c1C.Cc1cc2c(C)c3cc4oc(C)cc4c(C)c3cc2o1.Cc1cc2c(C)c3cc4sc(C)cc4c(C)c3cc2s1.Cc1cc2c(C)cc3c(cc(C)c4cc(C)oc43)c2o1.Cc1cc2c(C)cc3c(cc(C)c4cc(C)sc43)c2s1.Cc1cc2c(o1)c(C)cc1c3cc(C)oc3c(C)cc21.Cc1cc2c(s1)c(C)cc1c3cc(C)sc3c(C)cc21. The second kappa shape index (κ2) is 34.8. The van der Waals surface area contributed by atoms with Crippen molar-refractivity contribution in [1.82, 2.24) is 0 Å². The third-order valence-electron chi connectivity index (χ3n) is 26.5. The topological polar surface area (TPSA) is 78.8 Å². The number of benzene rings is 12. The monoisotopic (exact) mass is 1870 g/mol. The molecule has 133 heavy (non-hydrogen) atoms. The van der Waals surface area contributed by atoms with Gasteiger partial charge in [0, 0.05) is 122 Å². The average molecular weight is 1870 g/mol. The molecule has 0 amide bonds. The fourth-order valence-electron chi connectivity index (χ4n) is 20.1. The van der Waals surface area contributed by atoms with Crippen LogP contribution < -0.4 is 0 Å². The predicted molar refractivity (Wildman–Crippen MR) is 587 cm³/mol. The van der Waals surface area contributed by atoms with Crippen molar-refractivity contribution >= 4 is 270 Å². The summed E-state index contributed by atoms with van der Waals surface area (Å²) in [6, 6.07) is 54.1. The normalized spacial score (nSPS) is 11.6. The quantitative estimate of drug-likeness (QED) is 0.141. The van der Waals surface area contributed by atoms with E-state index in [0.29, 0.717) is 0 Å². The lowest BCUT2D eigenvalue weighted by atomic mass is 9.96. The molecular weight excluding hydrogens is 1760 g/mol. The molecule has 25 aromatic rings. The largest absolute Gasteiger partial charge is 0.461 e. The van der Waals surface area contributed by atoms with Crippen molar-refractivity contribution in [2.45, 2.75) is 194 Å². The van der Waals surface area contributed by atoms with Gasteiger partial charge in [0.25, 0.3) is 0 Å². The number of hydrogen-bond donors (Lipinski definition) is 0. The van der Waals surface area contributed by atoms with Gasteiger partial charge >= 0.3 is 0 Å². The summed E-state index contributed by atoms with van der Waals surface area (Å²) in [6.45, 7) is 59.3. The van der Waals surface area contributed by atoms with Gasteiger partial charge < -0.3 is 26.5 Å². The molecule has 0 atom stereocenters. The molecule has 6 nitrogen and oxygen atoms in total. The molecule has 0 fully saturated rings. The van der Waals surface area contributed by atoms with Gasteiger partial charge in [-0.2, -0.15) is 0 Å². The second-order valence-electron chi connectivity index (χ2n) is 36.8. The molecule has 12 aromatic carbocycles. The Hall–Kier alpha value is -12.0. The highest BCUT2D eigenvalue weighted by Crippen LogP contribution is 2.48. The van der Waals surface area contributed by atoms with Gasteiger partial charge in [0.15, 0.2) is 0 Å². The molecule has 0 radical (unpaired) electrons. The van der Waals surface area contributed by atoms with Crippen LogP contribution in [0.15, 0.2) is 172 Å². The summed E-state index contributed by atoms with van der Waals surface area (Å²) in [5, 5.41) is 31.5. The Bertz CT molecular complexity index is 7960. The maximum absolute atomic E-state index is 5.93. The molecule has 0 aliphatic carbocycles. The molecule has 13 heterocycles. The van der Waals surface area contributed by atoms with Crippen molar-refractivity contribution < 1.29 is 26.5 Å². The highest BCUT2D eigenvalue weighted by atomic mass is 32.1. The number of hydrogen-bond acceptors (Lipinski definition) is 13. The van der Waals surface area contributed by atoms with Crippen LogP contribution in [0.3, 0.4) is 0 Å². The van der Waals surface area contributed by atoms with Gasteiger partial charge in [-0.1, -0.05) is 11.8 Å². The summed E-state index contributed by atoms with van der Waals surface area (Å²) in [5.41, 5.74) is 24.2. The van der Waals surface area contributed by atoms with Crippen LogP contribution in [0.1, 0.15) is 165 Å². The van der Waals surface area contributed by atoms with Crippen molar-refractivity contribution in [2.75, 3.05) is 0 Å². The first-order valence-corrected chi connectivity index (χ1v) is 51.1. The van der Waals surface area contributed by atoms with Crippen molar-refractivity contribution in [3.05, 3.63) is 297 Å². The lowest BCUT2D eigenvalue weighted by molar-refractivity contribution is 0.576. The van der Waals surface area contributed by atoms with Crippen LogP contribution in [0.25, 0.3) is 191 Å². The van der Waals surface area contributed by atoms with Crippen LogP contribution in [-0.2, 0) is 0 Å². The van der Waals surface area contributed by atoms with Gasteiger partial charge in [0.2, 0.25) is 0 Å². The average Bonchev–Trinajstić information content (AvgIpc) is 1.63. The van der Waals surface area contributed by atoms with E-state index in [4.69, 9.17) is 26.5 Å². The lowest BCUT2D eigenvalue weighted by Gasteiger charge is -2.08. The molecule has 0 saturated carbocycles. The summed E-state index contributed by atoms with van der Waals surface area (Å²) in [4.78, 5) is 10.7. The van der Waals surface area contributed by atoms with Gasteiger partial charge in [0.05, 0.1) is 9.75 Å². The minimum atomic E-state index is 0.948. The maximum atomic E-state index is 5.93. The van der Waals surface area contributed by atoms with Crippen molar-refractivity contribution in [3.8, 4) is 23.7 Å². The Morgan fingerprint density at radius 2 is 0.429 bits per heavy atom. The lowest BCUT2D eigenvalue weighted by Crippen LogP contribution is -1.84.